The number of fused-ring (bicyclic) bond motifs is 3. The van der Waals surface area contributed by atoms with Gasteiger partial charge in [-0.25, -0.2) is 19.7 Å². The lowest BCUT2D eigenvalue weighted by Crippen LogP contribution is -2.47. The second-order valence-corrected chi connectivity index (χ2v) is 23.0. The number of piperazine rings is 1. The van der Waals surface area contributed by atoms with E-state index in [1.807, 2.05) is 107 Å². The van der Waals surface area contributed by atoms with Gasteiger partial charge < -0.3 is 23.8 Å². The Balaban J connectivity index is 0.693. The quantitative estimate of drug-likeness (QED) is 0.0831. The lowest BCUT2D eigenvalue weighted by atomic mass is 9.84. The van der Waals surface area contributed by atoms with Crippen LogP contribution in [0.15, 0.2) is 91.0 Å². The summed E-state index contributed by atoms with van der Waals surface area (Å²) in [6, 6.07) is 29.8. The van der Waals surface area contributed by atoms with Crippen molar-refractivity contribution < 1.29 is 28.7 Å². The van der Waals surface area contributed by atoms with Gasteiger partial charge in [0, 0.05) is 63.9 Å². The van der Waals surface area contributed by atoms with Gasteiger partial charge in [-0.2, -0.15) is 0 Å². The summed E-state index contributed by atoms with van der Waals surface area (Å²) in [4.78, 5) is 74.0. The van der Waals surface area contributed by atoms with E-state index in [1.165, 1.54) is 24.2 Å². The molecule has 3 fully saturated rings. The zero-order chi connectivity index (χ0) is 52.7. The lowest BCUT2D eigenvalue weighted by Gasteiger charge is -2.35. The summed E-state index contributed by atoms with van der Waals surface area (Å²) < 4.78 is 16.0. The van der Waals surface area contributed by atoms with Gasteiger partial charge >= 0.3 is 5.97 Å². The molecule has 0 spiro atoms. The Hall–Kier alpha value is -7.17. The van der Waals surface area contributed by atoms with Crippen LogP contribution in [0, 0.1) is 12.8 Å². The summed E-state index contributed by atoms with van der Waals surface area (Å²) in [6.45, 7) is 13.7. The van der Waals surface area contributed by atoms with Gasteiger partial charge in [0.15, 0.2) is 10.8 Å². The number of esters is 1. The Kier molecular flexibility index (Phi) is 14.4. The van der Waals surface area contributed by atoms with Gasteiger partial charge in [-0.05, 0) is 168 Å². The number of nitrogens with zero attached hydrogens (tertiary/aromatic N) is 7. The van der Waals surface area contributed by atoms with E-state index in [0.717, 1.165) is 119 Å². The molecule has 4 aromatic carbocycles. The molecule has 2 N–H and O–H groups in total. The molecule has 3 aliphatic heterocycles. The highest BCUT2D eigenvalue weighted by molar-refractivity contribution is 7.22. The highest BCUT2D eigenvalue weighted by atomic mass is 32.1. The largest absolute Gasteiger partial charge is 0.490 e. The van der Waals surface area contributed by atoms with Crippen LogP contribution in [0.4, 0.5) is 16.9 Å². The SMILES string of the molecule is Cc1c(OC2CCC(CCCN3CCN(c4nc5ccc(C6CCC(=O)NC6=O)cc5n4C)CC3)CC2)cccc1-c1ccc(N2CCc3cccc(C(=O)Nc4nc5ccccc5s4)c3C2)nc1C(=O)OC(C)(C)C. The van der Waals surface area contributed by atoms with Crippen molar-refractivity contribution in [2.75, 3.05) is 54.4 Å². The van der Waals surface area contributed by atoms with Crippen LogP contribution in [0.5, 0.6) is 5.75 Å². The number of anilines is 3. The number of piperidine rings is 1. The van der Waals surface area contributed by atoms with Crippen molar-refractivity contribution in [3.05, 3.63) is 125 Å². The first-order chi connectivity index (χ1) is 36.7. The van der Waals surface area contributed by atoms with Gasteiger partial charge in [-0.1, -0.05) is 53.8 Å². The third-order valence-electron chi connectivity index (χ3n) is 15.8. The number of para-hydroxylation sites is 1. The fourth-order valence-corrected chi connectivity index (χ4v) is 12.5. The van der Waals surface area contributed by atoms with E-state index < -0.39 is 11.6 Å². The number of amides is 3. The van der Waals surface area contributed by atoms with Crippen molar-refractivity contribution in [3.63, 3.8) is 0 Å². The van der Waals surface area contributed by atoms with Crippen molar-refractivity contribution >= 4 is 73.2 Å². The zero-order valence-corrected chi connectivity index (χ0v) is 45.0. The van der Waals surface area contributed by atoms with Crippen LogP contribution in [-0.2, 0) is 34.3 Å². The molecule has 0 radical (unpaired) electrons. The van der Waals surface area contributed by atoms with Crippen molar-refractivity contribution in [1.82, 2.24) is 29.7 Å². The Morgan fingerprint density at radius 1 is 0.803 bits per heavy atom. The summed E-state index contributed by atoms with van der Waals surface area (Å²) in [5, 5.41) is 6.09. The van der Waals surface area contributed by atoms with Crippen LogP contribution in [0.1, 0.15) is 121 Å². The molecular formula is C60H67N9O6S. The predicted molar refractivity (Wildman–Crippen MR) is 298 cm³/mol. The highest BCUT2D eigenvalue weighted by Gasteiger charge is 2.31. The minimum atomic E-state index is -0.732. The summed E-state index contributed by atoms with van der Waals surface area (Å²) in [7, 11) is 2.05. The average Bonchev–Trinajstić information content (AvgIpc) is 3.99. The van der Waals surface area contributed by atoms with Crippen LogP contribution < -0.4 is 25.2 Å². The molecule has 1 atom stereocenters. The highest BCUT2D eigenvalue weighted by Crippen LogP contribution is 2.38. The van der Waals surface area contributed by atoms with Gasteiger partial charge in [0.25, 0.3) is 5.91 Å². The van der Waals surface area contributed by atoms with Crippen LogP contribution in [0.3, 0.4) is 0 Å². The minimum absolute atomic E-state index is 0.117. The Labute approximate surface area is 448 Å². The molecule has 11 rings (SSSR count). The van der Waals surface area contributed by atoms with E-state index in [4.69, 9.17) is 19.4 Å². The third-order valence-corrected chi connectivity index (χ3v) is 16.7. The Morgan fingerprint density at radius 2 is 1.61 bits per heavy atom. The van der Waals surface area contributed by atoms with Gasteiger partial charge in [0.05, 0.1) is 33.3 Å². The summed E-state index contributed by atoms with van der Waals surface area (Å²) in [5.41, 5.74) is 8.35. The average molecular weight is 1040 g/mol. The molecule has 1 saturated carbocycles. The van der Waals surface area contributed by atoms with Gasteiger partial charge in [0.1, 0.15) is 17.2 Å². The second kappa shape index (κ2) is 21.5. The number of pyridine rings is 1. The van der Waals surface area contributed by atoms with Crippen molar-refractivity contribution in [2.45, 2.75) is 110 Å². The molecule has 16 heteroatoms. The van der Waals surface area contributed by atoms with Crippen molar-refractivity contribution in [2.24, 2.45) is 13.0 Å². The smallest absolute Gasteiger partial charge is 0.358 e. The van der Waals surface area contributed by atoms with Crippen LogP contribution in [0.25, 0.3) is 32.4 Å². The number of hydrogen-bond acceptors (Lipinski definition) is 13. The number of carbonyl (C=O) groups excluding carboxylic acids is 4. The normalized spacial score (nSPS) is 19.4. The van der Waals surface area contributed by atoms with Gasteiger partial charge in [-0.3, -0.25) is 29.9 Å². The van der Waals surface area contributed by atoms with E-state index in [0.29, 0.717) is 60.3 Å². The topological polar surface area (TPSA) is 164 Å². The number of benzene rings is 4. The number of carbonyl (C=O) groups is 4. The molecule has 3 amide bonds. The first-order valence-electron chi connectivity index (χ1n) is 27.0. The first kappa shape index (κ1) is 51.0. The van der Waals surface area contributed by atoms with Crippen molar-refractivity contribution in [3.8, 4) is 16.9 Å². The number of imide groups is 1. The lowest BCUT2D eigenvalue weighted by molar-refractivity contribution is -0.134. The number of thiazole rings is 1. The number of hydrogen-bond donors (Lipinski definition) is 2. The maximum Gasteiger partial charge on any atom is 0.358 e. The van der Waals surface area contributed by atoms with E-state index in [1.54, 1.807) is 0 Å². The summed E-state index contributed by atoms with van der Waals surface area (Å²) in [5.74, 6) is 1.66. The molecule has 394 valence electrons. The second-order valence-electron chi connectivity index (χ2n) is 22.0. The first-order valence-corrected chi connectivity index (χ1v) is 27.8. The zero-order valence-electron chi connectivity index (χ0n) is 44.2. The molecule has 1 aliphatic carbocycles. The summed E-state index contributed by atoms with van der Waals surface area (Å²) in [6.07, 6.45) is 8.40. The van der Waals surface area contributed by atoms with E-state index in [9.17, 15) is 19.2 Å². The maximum atomic E-state index is 14.1. The van der Waals surface area contributed by atoms with E-state index >= 15 is 0 Å². The van der Waals surface area contributed by atoms with Crippen molar-refractivity contribution in [1.29, 1.82) is 0 Å². The molecule has 15 nitrogen and oxygen atoms in total. The molecule has 6 heterocycles. The minimum Gasteiger partial charge on any atom is -0.490 e. The van der Waals surface area contributed by atoms with Crippen LogP contribution in [-0.4, -0.2) is 99.1 Å². The molecule has 0 bridgehead atoms. The number of nitrogens with one attached hydrogen (secondary N) is 2. The monoisotopic (exact) mass is 1040 g/mol. The molecular weight excluding hydrogens is 975 g/mol. The van der Waals surface area contributed by atoms with Gasteiger partial charge in [-0.15, -0.1) is 0 Å². The standard InChI is InChI=1S/C60H67N9O6S/c1-37-42(44-23-26-52(63-54(44)57(73)75-60(2,3)4)69-30-28-39-12-8-14-45(46(39)36-69)56(72)65-58-61-48-15-6-7-17-51(48)76-58)13-9-16-50(37)74-41-21-18-38(19-22-41)11-10-29-67-31-33-68(34-32-67)59-62-47-25-20-40(35-49(47)66(59)5)43-24-27-53(70)64-55(43)71/h6-9,12-17,20,23,25-26,35,38,41,43H,10-11,18-19,21-22,24,27-34,36H2,1-5H3,(H,61,65,72)(H,64,70,71). The Bertz CT molecular complexity index is 3310. The number of ether oxygens (including phenoxy) is 2. The molecule has 76 heavy (non-hydrogen) atoms. The van der Waals surface area contributed by atoms with Crippen LogP contribution >= 0.6 is 11.3 Å². The third kappa shape index (κ3) is 10.9. The number of aryl methyl sites for hydroxylation is 1. The fraction of sp³-hybridized carbons (Fsp3) is 0.417. The van der Waals surface area contributed by atoms with E-state index in [2.05, 4.69) is 53.9 Å². The van der Waals surface area contributed by atoms with Gasteiger partial charge in [0.2, 0.25) is 17.8 Å². The molecule has 7 aromatic rings. The predicted octanol–water partition coefficient (Wildman–Crippen LogP) is 10.4. The maximum absolute atomic E-state index is 14.1. The van der Waals surface area contributed by atoms with Crippen LogP contribution in [0.2, 0.25) is 0 Å². The molecule has 2 saturated heterocycles. The van der Waals surface area contributed by atoms with E-state index in [-0.39, 0.29) is 35.4 Å². The number of aromatic nitrogens is 4. The summed E-state index contributed by atoms with van der Waals surface area (Å²) >= 11 is 1.45. The number of imidazole rings is 1. The number of rotatable bonds is 13. The fourth-order valence-electron chi connectivity index (χ4n) is 11.6. The molecule has 4 aliphatic rings. The Morgan fingerprint density at radius 3 is 2.39 bits per heavy atom. The molecule has 3 aromatic heterocycles. The molecule has 1 unspecified atom stereocenters.